The van der Waals surface area contributed by atoms with E-state index in [9.17, 15) is 0 Å². The van der Waals surface area contributed by atoms with Gasteiger partial charge in [0.1, 0.15) is 5.69 Å². The molecule has 5 rings (SSSR count). The van der Waals surface area contributed by atoms with Gasteiger partial charge in [-0.2, -0.15) is 4.98 Å². The molecule has 1 N–H and O–H groups in total. The largest absolute Gasteiger partial charge is 0.346 e. The van der Waals surface area contributed by atoms with Gasteiger partial charge < -0.3 is 15.1 Å². The summed E-state index contributed by atoms with van der Waals surface area (Å²) in [5.41, 5.74) is 7.61. The maximum Gasteiger partial charge on any atom is 0.229 e. The van der Waals surface area contributed by atoms with Crippen molar-refractivity contribution < 1.29 is 0 Å². The number of pyridine rings is 1. The van der Waals surface area contributed by atoms with Gasteiger partial charge in [-0.05, 0) is 61.6 Å². The predicted molar refractivity (Wildman–Crippen MR) is 127 cm³/mol. The number of hydrogen-bond donors (Lipinski definition) is 1. The highest BCUT2D eigenvalue weighted by molar-refractivity contribution is 5.78. The van der Waals surface area contributed by atoms with Crippen molar-refractivity contribution in [3.63, 3.8) is 0 Å². The first kappa shape index (κ1) is 19.5. The fourth-order valence-corrected chi connectivity index (χ4v) is 4.67. The van der Waals surface area contributed by atoms with E-state index in [1.54, 1.807) is 0 Å². The number of aryl methyl sites for hydroxylation is 2. The molecule has 31 heavy (non-hydrogen) atoms. The van der Waals surface area contributed by atoms with E-state index in [2.05, 4.69) is 71.0 Å². The van der Waals surface area contributed by atoms with Crippen molar-refractivity contribution in [3.8, 4) is 11.1 Å². The highest BCUT2D eigenvalue weighted by atomic mass is 15.4. The zero-order valence-corrected chi connectivity index (χ0v) is 18.4. The Balaban J connectivity index is 1.46. The van der Waals surface area contributed by atoms with Crippen LogP contribution in [0.15, 0.2) is 54.9 Å². The highest BCUT2D eigenvalue weighted by Crippen LogP contribution is 2.43. The van der Waals surface area contributed by atoms with Gasteiger partial charge in [-0.25, -0.2) is 4.98 Å². The van der Waals surface area contributed by atoms with Gasteiger partial charge in [0, 0.05) is 36.9 Å². The van der Waals surface area contributed by atoms with E-state index in [4.69, 9.17) is 9.97 Å². The third-order valence-corrected chi connectivity index (χ3v) is 6.32. The fourth-order valence-electron chi connectivity index (χ4n) is 4.67. The molecular formula is C25H28N6. The van der Waals surface area contributed by atoms with Crippen molar-refractivity contribution >= 4 is 23.1 Å². The molecule has 0 saturated carbocycles. The summed E-state index contributed by atoms with van der Waals surface area (Å²) in [5, 5.41) is 3.42. The van der Waals surface area contributed by atoms with E-state index in [0.29, 0.717) is 12.0 Å². The van der Waals surface area contributed by atoms with Gasteiger partial charge >= 0.3 is 0 Å². The zero-order valence-electron chi connectivity index (χ0n) is 18.4. The maximum atomic E-state index is 4.95. The molecule has 6 heteroatoms. The zero-order chi connectivity index (χ0) is 21.5. The van der Waals surface area contributed by atoms with Gasteiger partial charge in [-0.1, -0.05) is 25.6 Å². The normalized spacial score (nSPS) is 17.5. The molecule has 1 atom stereocenters. The first-order valence-electron chi connectivity index (χ1n) is 11.0. The maximum absolute atomic E-state index is 4.95. The molecule has 2 aromatic heterocycles. The third kappa shape index (κ3) is 3.42. The van der Waals surface area contributed by atoms with Crippen LogP contribution in [0.1, 0.15) is 31.2 Å². The number of hydrogen-bond acceptors (Lipinski definition) is 6. The Kier molecular flexibility index (Phi) is 4.85. The SMILES string of the molecule is C=C1C2CCCN2c2nc(Nc3ccc(-c4ccnc(C)c4)cc3)nc(CC)c2N1C. The molecule has 158 valence electrons. The highest BCUT2D eigenvalue weighted by Gasteiger charge is 2.38. The van der Waals surface area contributed by atoms with Crippen LogP contribution < -0.4 is 15.1 Å². The summed E-state index contributed by atoms with van der Waals surface area (Å²) in [5.74, 6) is 1.67. The topological polar surface area (TPSA) is 57.2 Å². The van der Waals surface area contributed by atoms with Crippen LogP contribution in [0.2, 0.25) is 0 Å². The lowest BCUT2D eigenvalue weighted by atomic mass is 10.1. The lowest BCUT2D eigenvalue weighted by molar-refractivity contribution is 0.700. The second-order valence-electron chi connectivity index (χ2n) is 8.31. The predicted octanol–water partition coefficient (Wildman–Crippen LogP) is 5.09. The van der Waals surface area contributed by atoms with E-state index in [1.165, 1.54) is 12.0 Å². The van der Waals surface area contributed by atoms with Crippen LogP contribution in [0.5, 0.6) is 0 Å². The second kappa shape index (κ2) is 7.69. The Morgan fingerprint density at radius 3 is 2.68 bits per heavy atom. The van der Waals surface area contributed by atoms with Gasteiger partial charge in [0.15, 0.2) is 5.82 Å². The standard InChI is InChI=1S/C25H28N6/c1-5-21-23-24(31-14-6-7-22(31)17(3)30(23)4)29-25(28-21)27-20-10-8-18(9-11-20)19-12-13-26-16(2)15-19/h8-13,15,22H,3,5-7,14H2,1-2,4H3,(H,27,28,29). The smallest absolute Gasteiger partial charge is 0.229 e. The molecule has 0 spiro atoms. The Labute approximate surface area is 183 Å². The summed E-state index contributed by atoms with van der Waals surface area (Å²) in [4.78, 5) is 18.7. The molecule has 2 aliphatic heterocycles. The number of rotatable bonds is 4. The Morgan fingerprint density at radius 1 is 1.13 bits per heavy atom. The van der Waals surface area contributed by atoms with Crippen molar-refractivity contribution in [3.05, 3.63) is 66.3 Å². The van der Waals surface area contributed by atoms with Crippen molar-refractivity contribution in [2.24, 2.45) is 0 Å². The number of anilines is 4. The number of nitrogens with one attached hydrogen (secondary N) is 1. The minimum absolute atomic E-state index is 0.341. The van der Waals surface area contributed by atoms with Crippen LogP contribution in [-0.4, -0.2) is 34.6 Å². The number of benzene rings is 1. The number of fused-ring (bicyclic) bond motifs is 3. The van der Waals surface area contributed by atoms with E-state index >= 15 is 0 Å². The summed E-state index contributed by atoms with van der Waals surface area (Å²) < 4.78 is 0. The molecule has 0 aliphatic carbocycles. The van der Waals surface area contributed by atoms with E-state index in [-0.39, 0.29) is 0 Å². The lowest BCUT2D eigenvalue weighted by Crippen LogP contribution is -2.43. The van der Waals surface area contributed by atoms with Gasteiger partial charge in [-0.3, -0.25) is 4.98 Å². The molecule has 6 nitrogen and oxygen atoms in total. The quantitative estimate of drug-likeness (QED) is 0.644. The number of nitrogens with zero attached hydrogens (tertiary/aromatic N) is 5. The van der Waals surface area contributed by atoms with Crippen LogP contribution in [0.3, 0.4) is 0 Å². The van der Waals surface area contributed by atoms with Crippen LogP contribution in [-0.2, 0) is 6.42 Å². The molecule has 1 aromatic carbocycles. The molecule has 0 radical (unpaired) electrons. The number of aromatic nitrogens is 3. The second-order valence-corrected chi connectivity index (χ2v) is 8.31. The molecule has 4 heterocycles. The molecular weight excluding hydrogens is 384 g/mol. The Hall–Kier alpha value is -3.41. The number of likely N-dealkylation sites (N-methyl/N-ethyl adjacent to an activating group) is 1. The molecule has 1 saturated heterocycles. The van der Waals surface area contributed by atoms with Gasteiger partial charge in [0.2, 0.25) is 5.95 Å². The van der Waals surface area contributed by atoms with Crippen molar-refractivity contribution in [1.29, 1.82) is 0 Å². The van der Waals surface area contributed by atoms with E-state index in [0.717, 1.165) is 59.2 Å². The monoisotopic (exact) mass is 412 g/mol. The van der Waals surface area contributed by atoms with Crippen LogP contribution in [0.25, 0.3) is 11.1 Å². The summed E-state index contributed by atoms with van der Waals surface area (Å²) in [6, 6.07) is 12.9. The Morgan fingerprint density at radius 2 is 1.94 bits per heavy atom. The van der Waals surface area contributed by atoms with Crippen LogP contribution >= 0.6 is 0 Å². The minimum atomic E-state index is 0.341. The first-order chi connectivity index (χ1) is 15.0. The van der Waals surface area contributed by atoms with E-state index < -0.39 is 0 Å². The third-order valence-electron chi connectivity index (χ3n) is 6.32. The molecule has 0 bridgehead atoms. The molecule has 3 aromatic rings. The summed E-state index contributed by atoms with van der Waals surface area (Å²) >= 11 is 0. The van der Waals surface area contributed by atoms with Crippen molar-refractivity contribution in [1.82, 2.24) is 15.0 Å². The summed E-state index contributed by atoms with van der Waals surface area (Å²) in [6.07, 6.45) is 4.99. The van der Waals surface area contributed by atoms with Crippen molar-refractivity contribution in [2.45, 2.75) is 39.2 Å². The molecule has 2 aliphatic rings. The van der Waals surface area contributed by atoms with Gasteiger partial charge in [0.25, 0.3) is 0 Å². The van der Waals surface area contributed by atoms with Crippen molar-refractivity contribution in [2.75, 3.05) is 28.7 Å². The van der Waals surface area contributed by atoms with Crippen LogP contribution in [0.4, 0.5) is 23.1 Å². The van der Waals surface area contributed by atoms with Gasteiger partial charge in [0.05, 0.1) is 11.7 Å². The Bertz CT molecular complexity index is 1140. The average Bonchev–Trinajstić information content (AvgIpc) is 3.28. The first-order valence-corrected chi connectivity index (χ1v) is 11.0. The summed E-state index contributed by atoms with van der Waals surface area (Å²) in [6.45, 7) is 9.52. The summed E-state index contributed by atoms with van der Waals surface area (Å²) in [7, 11) is 2.09. The molecule has 0 amide bonds. The lowest BCUT2D eigenvalue weighted by Gasteiger charge is -2.41. The average molecular weight is 413 g/mol. The fraction of sp³-hybridized carbons (Fsp3) is 0.320. The molecule has 1 unspecified atom stereocenters. The molecule has 1 fully saturated rings. The van der Waals surface area contributed by atoms with Crippen LogP contribution in [0, 0.1) is 6.92 Å². The van der Waals surface area contributed by atoms with E-state index in [1.807, 2.05) is 19.2 Å². The van der Waals surface area contributed by atoms with Gasteiger partial charge in [-0.15, -0.1) is 0 Å². The minimum Gasteiger partial charge on any atom is -0.346 e.